The second-order valence-corrected chi connectivity index (χ2v) is 9.12. The van der Waals surface area contributed by atoms with Gasteiger partial charge in [-0.2, -0.15) is 0 Å². The maximum atomic E-state index is 12.4. The van der Waals surface area contributed by atoms with Crippen LogP contribution in [0.2, 0.25) is 0 Å². The minimum absolute atomic E-state index is 0.237. The van der Waals surface area contributed by atoms with E-state index in [9.17, 15) is 9.59 Å². The normalized spacial score (nSPS) is 24.4. The molecule has 0 unspecified atom stereocenters. The standard InChI is InChI=1S/C18H29NO2.C7H8/c20-17(12-14-4-2-1-3-5-14)10-11-18(21)19-13-15-6-8-16(19)9-7-15;1-7-5-3-2-4-6-7/h14-16H,1-13H2;2-6H,1H3. The molecule has 3 heteroatoms. The molecule has 2 saturated carbocycles. The first-order valence-electron chi connectivity index (χ1n) is 11.4. The minimum atomic E-state index is 0.237. The van der Waals surface area contributed by atoms with Gasteiger partial charge >= 0.3 is 0 Å². The number of fused-ring (bicyclic) bond motifs is 3. The minimum Gasteiger partial charge on any atom is -0.339 e. The summed E-state index contributed by atoms with van der Waals surface area (Å²) in [6, 6.07) is 10.7. The monoisotopic (exact) mass is 383 g/mol. The summed E-state index contributed by atoms with van der Waals surface area (Å²) in [6.07, 6.45) is 13.0. The SMILES string of the molecule is Cc1ccccc1.O=C(CCC(=O)N1CC2CCC1CC2)CC1CCCCC1. The third-order valence-corrected chi connectivity index (χ3v) is 6.83. The summed E-state index contributed by atoms with van der Waals surface area (Å²) in [5.74, 6) is 1.89. The number of amides is 1. The van der Waals surface area contributed by atoms with Crippen LogP contribution in [0.5, 0.6) is 0 Å². The van der Waals surface area contributed by atoms with E-state index >= 15 is 0 Å². The Morgan fingerprint density at radius 1 is 0.893 bits per heavy atom. The summed E-state index contributed by atoms with van der Waals surface area (Å²) in [5, 5.41) is 0. The van der Waals surface area contributed by atoms with Crippen LogP contribution >= 0.6 is 0 Å². The Labute approximate surface area is 170 Å². The fourth-order valence-electron chi connectivity index (χ4n) is 5.11. The summed E-state index contributed by atoms with van der Waals surface area (Å²) >= 11 is 0. The average molecular weight is 384 g/mol. The predicted molar refractivity (Wildman–Crippen MR) is 114 cm³/mol. The highest BCUT2D eigenvalue weighted by atomic mass is 16.2. The van der Waals surface area contributed by atoms with E-state index in [1.165, 1.54) is 63.4 Å². The van der Waals surface area contributed by atoms with Gasteiger partial charge < -0.3 is 4.90 Å². The van der Waals surface area contributed by atoms with Gasteiger partial charge in [-0.1, -0.05) is 68.0 Å². The number of nitrogens with zero attached hydrogens (tertiary/aromatic N) is 1. The summed E-state index contributed by atoms with van der Waals surface area (Å²) in [5.41, 5.74) is 1.32. The predicted octanol–water partition coefficient (Wildman–Crippen LogP) is 5.70. The zero-order chi connectivity index (χ0) is 19.8. The molecular formula is C25H37NO2. The number of ketones is 1. The Bertz CT molecular complexity index is 613. The number of hydrogen-bond donors (Lipinski definition) is 0. The van der Waals surface area contributed by atoms with Gasteiger partial charge in [0.05, 0.1) is 0 Å². The highest BCUT2D eigenvalue weighted by Gasteiger charge is 2.36. The molecule has 2 aliphatic carbocycles. The summed E-state index contributed by atoms with van der Waals surface area (Å²) < 4.78 is 0. The van der Waals surface area contributed by atoms with E-state index in [0.717, 1.165) is 18.9 Å². The molecule has 0 spiro atoms. The number of benzene rings is 1. The number of hydrogen-bond acceptors (Lipinski definition) is 2. The van der Waals surface area contributed by atoms with E-state index in [1.807, 2.05) is 18.2 Å². The molecule has 4 fully saturated rings. The maximum Gasteiger partial charge on any atom is 0.223 e. The van der Waals surface area contributed by atoms with Crippen LogP contribution in [0.3, 0.4) is 0 Å². The molecule has 3 nitrogen and oxygen atoms in total. The van der Waals surface area contributed by atoms with Gasteiger partial charge in [0, 0.05) is 31.8 Å². The molecule has 1 aromatic carbocycles. The van der Waals surface area contributed by atoms with Gasteiger partial charge in [-0.15, -0.1) is 0 Å². The Hall–Kier alpha value is -1.64. The zero-order valence-corrected chi connectivity index (χ0v) is 17.6. The van der Waals surface area contributed by atoms with Crippen LogP contribution in [0.15, 0.2) is 30.3 Å². The Morgan fingerprint density at radius 3 is 2.11 bits per heavy atom. The topological polar surface area (TPSA) is 37.4 Å². The Morgan fingerprint density at radius 2 is 1.57 bits per heavy atom. The van der Waals surface area contributed by atoms with Crippen molar-refractivity contribution in [1.29, 1.82) is 0 Å². The number of rotatable bonds is 5. The number of carbonyl (C=O) groups is 2. The lowest BCUT2D eigenvalue weighted by Gasteiger charge is -2.45. The first-order chi connectivity index (χ1) is 13.6. The third kappa shape index (κ3) is 6.46. The van der Waals surface area contributed by atoms with Crippen LogP contribution in [0, 0.1) is 18.8 Å². The van der Waals surface area contributed by atoms with Crippen LogP contribution in [0.1, 0.15) is 82.6 Å². The zero-order valence-electron chi connectivity index (χ0n) is 17.6. The van der Waals surface area contributed by atoms with Crippen molar-refractivity contribution in [2.75, 3.05) is 6.54 Å². The molecule has 0 N–H and O–H groups in total. The maximum absolute atomic E-state index is 12.4. The van der Waals surface area contributed by atoms with Crippen molar-refractivity contribution in [1.82, 2.24) is 4.90 Å². The first-order valence-corrected chi connectivity index (χ1v) is 11.4. The molecule has 0 radical (unpaired) electrons. The lowest BCUT2D eigenvalue weighted by Crippen LogP contribution is -2.50. The van der Waals surface area contributed by atoms with Crippen molar-refractivity contribution in [2.45, 2.75) is 90.0 Å². The third-order valence-electron chi connectivity index (χ3n) is 6.83. The highest BCUT2D eigenvalue weighted by Crippen LogP contribution is 2.35. The van der Waals surface area contributed by atoms with Gasteiger partial charge in [0.1, 0.15) is 5.78 Å². The van der Waals surface area contributed by atoms with Gasteiger partial charge in [-0.05, 0) is 44.4 Å². The second kappa shape index (κ2) is 10.8. The van der Waals surface area contributed by atoms with Crippen molar-refractivity contribution < 1.29 is 9.59 Å². The summed E-state index contributed by atoms with van der Waals surface area (Å²) in [6.45, 7) is 3.04. The number of piperidine rings is 2. The van der Waals surface area contributed by atoms with Crippen molar-refractivity contribution in [3.63, 3.8) is 0 Å². The lowest BCUT2D eigenvalue weighted by molar-refractivity contribution is -0.140. The van der Waals surface area contributed by atoms with Crippen molar-refractivity contribution in [3.05, 3.63) is 35.9 Å². The van der Waals surface area contributed by atoms with Crippen molar-refractivity contribution in [2.24, 2.45) is 11.8 Å². The molecule has 1 amide bonds. The van der Waals surface area contributed by atoms with Crippen LogP contribution in [-0.4, -0.2) is 29.2 Å². The molecule has 2 heterocycles. The van der Waals surface area contributed by atoms with Gasteiger partial charge in [-0.3, -0.25) is 9.59 Å². The number of carbonyl (C=O) groups excluding carboxylic acids is 2. The van der Waals surface area contributed by atoms with Crippen LogP contribution in [-0.2, 0) is 9.59 Å². The molecule has 4 aliphatic rings. The van der Waals surface area contributed by atoms with E-state index in [2.05, 4.69) is 24.0 Å². The van der Waals surface area contributed by atoms with Crippen molar-refractivity contribution in [3.8, 4) is 0 Å². The van der Waals surface area contributed by atoms with E-state index in [4.69, 9.17) is 0 Å². The molecule has 0 aromatic heterocycles. The summed E-state index contributed by atoms with van der Waals surface area (Å²) in [7, 11) is 0. The van der Waals surface area contributed by atoms with E-state index in [0.29, 0.717) is 30.6 Å². The Balaban J connectivity index is 0.000000271. The average Bonchev–Trinajstić information content (AvgIpc) is 2.74. The molecule has 2 aliphatic heterocycles. The quantitative estimate of drug-likeness (QED) is 0.654. The Kier molecular flexibility index (Phi) is 8.12. The highest BCUT2D eigenvalue weighted by molar-refractivity contribution is 5.85. The van der Waals surface area contributed by atoms with Gasteiger partial charge in [-0.25, -0.2) is 0 Å². The lowest BCUT2D eigenvalue weighted by atomic mass is 9.79. The van der Waals surface area contributed by atoms with Gasteiger partial charge in [0.25, 0.3) is 0 Å². The molecule has 0 atom stereocenters. The van der Waals surface area contributed by atoms with Crippen LogP contribution < -0.4 is 0 Å². The summed E-state index contributed by atoms with van der Waals surface area (Å²) in [4.78, 5) is 26.5. The molecular weight excluding hydrogens is 346 g/mol. The van der Waals surface area contributed by atoms with Crippen molar-refractivity contribution >= 4 is 11.7 Å². The fraction of sp³-hybridized carbons (Fsp3) is 0.680. The molecule has 28 heavy (non-hydrogen) atoms. The largest absolute Gasteiger partial charge is 0.339 e. The number of aryl methyl sites for hydroxylation is 1. The fourth-order valence-corrected chi connectivity index (χ4v) is 5.11. The van der Waals surface area contributed by atoms with Gasteiger partial charge in [0.2, 0.25) is 5.91 Å². The first kappa shape index (κ1) is 21.1. The molecule has 1 aromatic rings. The molecule has 2 bridgehead atoms. The number of Topliss-reactive ketones (excluding diaryl/α,β-unsaturated/α-hetero) is 1. The smallest absolute Gasteiger partial charge is 0.223 e. The van der Waals surface area contributed by atoms with Crippen LogP contribution in [0.4, 0.5) is 0 Å². The van der Waals surface area contributed by atoms with E-state index < -0.39 is 0 Å². The molecule has 5 rings (SSSR count). The van der Waals surface area contributed by atoms with E-state index in [1.54, 1.807) is 0 Å². The van der Waals surface area contributed by atoms with Crippen LogP contribution in [0.25, 0.3) is 0 Å². The second-order valence-electron chi connectivity index (χ2n) is 9.12. The molecule has 154 valence electrons. The molecule has 2 saturated heterocycles. The van der Waals surface area contributed by atoms with Gasteiger partial charge in [0.15, 0.2) is 0 Å². The van der Waals surface area contributed by atoms with E-state index in [-0.39, 0.29) is 5.91 Å².